The molecule has 2 heteroatoms. The van der Waals surface area contributed by atoms with Gasteiger partial charge in [-0.2, -0.15) is 5.26 Å². The first-order valence-corrected chi connectivity index (χ1v) is 7.01. The SMILES string of the molecule is CCC(C#N)C1(O)CCC(C(C)(C)CC)CC1. The Morgan fingerprint density at radius 2 is 1.88 bits per heavy atom. The predicted molar refractivity (Wildman–Crippen MR) is 70.4 cm³/mol. The van der Waals surface area contributed by atoms with Gasteiger partial charge < -0.3 is 5.11 Å². The molecule has 98 valence electrons. The summed E-state index contributed by atoms with van der Waals surface area (Å²) in [6.07, 6.45) is 5.67. The van der Waals surface area contributed by atoms with Crippen molar-refractivity contribution in [1.82, 2.24) is 0 Å². The van der Waals surface area contributed by atoms with Gasteiger partial charge in [0.25, 0.3) is 0 Å². The van der Waals surface area contributed by atoms with E-state index >= 15 is 0 Å². The molecule has 17 heavy (non-hydrogen) atoms. The van der Waals surface area contributed by atoms with E-state index in [9.17, 15) is 5.11 Å². The minimum Gasteiger partial charge on any atom is -0.389 e. The van der Waals surface area contributed by atoms with E-state index < -0.39 is 5.60 Å². The Kier molecular flexibility index (Phi) is 4.61. The third kappa shape index (κ3) is 3.01. The molecule has 1 unspecified atom stereocenters. The predicted octanol–water partition coefficient (Wildman–Crippen LogP) is 3.89. The van der Waals surface area contributed by atoms with Gasteiger partial charge in [-0.3, -0.25) is 0 Å². The lowest BCUT2D eigenvalue weighted by atomic mass is 9.64. The molecule has 0 aromatic carbocycles. The average molecular weight is 237 g/mol. The summed E-state index contributed by atoms with van der Waals surface area (Å²) in [6, 6.07) is 2.28. The molecule has 0 saturated heterocycles. The smallest absolute Gasteiger partial charge is 0.0805 e. The first kappa shape index (κ1) is 14.5. The minimum atomic E-state index is -0.718. The van der Waals surface area contributed by atoms with Gasteiger partial charge in [0.1, 0.15) is 0 Å². The van der Waals surface area contributed by atoms with Crippen LogP contribution in [0.5, 0.6) is 0 Å². The van der Waals surface area contributed by atoms with Gasteiger partial charge >= 0.3 is 0 Å². The van der Waals surface area contributed by atoms with Crippen LogP contribution in [-0.4, -0.2) is 10.7 Å². The molecule has 1 atom stereocenters. The Labute approximate surface area is 106 Å². The number of nitrogens with zero attached hydrogens (tertiary/aromatic N) is 1. The Morgan fingerprint density at radius 1 is 1.35 bits per heavy atom. The van der Waals surface area contributed by atoms with E-state index in [0.717, 1.165) is 32.1 Å². The second kappa shape index (κ2) is 5.40. The maximum atomic E-state index is 10.6. The summed E-state index contributed by atoms with van der Waals surface area (Å²) in [6.45, 7) is 8.88. The number of nitriles is 1. The van der Waals surface area contributed by atoms with Crippen molar-refractivity contribution >= 4 is 0 Å². The Bertz CT molecular complexity index is 282. The fraction of sp³-hybridized carbons (Fsp3) is 0.933. The van der Waals surface area contributed by atoms with Crippen molar-refractivity contribution in [2.75, 3.05) is 0 Å². The maximum Gasteiger partial charge on any atom is 0.0805 e. The van der Waals surface area contributed by atoms with E-state index in [1.165, 1.54) is 6.42 Å². The summed E-state index contributed by atoms with van der Waals surface area (Å²) in [5, 5.41) is 19.7. The number of hydrogen-bond donors (Lipinski definition) is 1. The molecule has 0 aliphatic heterocycles. The number of hydrogen-bond acceptors (Lipinski definition) is 2. The van der Waals surface area contributed by atoms with Crippen molar-refractivity contribution in [2.45, 2.75) is 71.8 Å². The van der Waals surface area contributed by atoms with Gasteiger partial charge in [0.2, 0.25) is 0 Å². The first-order chi connectivity index (χ1) is 7.89. The average Bonchev–Trinajstić information content (AvgIpc) is 2.31. The van der Waals surface area contributed by atoms with Crippen molar-refractivity contribution in [1.29, 1.82) is 5.26 Å². The van der Waals surface area contributed by atoms with Crippen LogP contribution < -0.4 is 0 Å². The molecule has 1 N–H and O–H groups in total. The molecule has 0 spiro atoms. The lowest BCUT2D eigenvalue weighted by Gasteiger charge is -2.44. The second-order valence-corrected chi connectivity index (χ2v) is 6.31. The number of aliphatic hydroxyl groups is 1. The van der Waals surface area contributed by atoms with Gasteiger partial charge in [0.05, 0.1) is 17.6 Å². The lowest BCUT2D eigenvalue weighted by molar-refractivity contribution is -0.0569. The molecule has 1 aliphatic carbocycles. The van der Waals surface area contributed by atoms with Gasteiger partial charge in [-0.05, 0) is 43.4 Å². The highest BCUT2D eigenvalue weighted by molar-refractivity contribution is 5.01. The Hall–Kier alpha value is -0.550. The van der Waals surface area contributed by atoms with E-state index in [1.807, 2.05) is 6.92 Å². The van der Waals surface area contributed by atoms with Gasteiger partial charge in [0.15, 0.2) is 0 Å². The monoisotopic (exact) mass is 237 g/mol. The first-order valence-electron chi connectivity index (χ1n) is 7.01. The van der Waals surface area contributed by atoms with E-state index in [0.29, 0.717) is 11.3 Å². The van der Waals surface area contributed by atoms with Crippen LogP contribution in [0, 0.1) is 28.6 Å². The van der Waals surface area contributed by atoms with Crippen molar-refractivity contribution in [2.24, 2.45) is 17.3 Å². The summed E-state index contributed by atoms with van der Waals surface area (Å²) >= 11 is 0. The molecule has 0 aromatic rings. The van der Waals surface area contributed by atoms with Crippen molar-refractivity contribution in [3.05, 3.63) is 0 Å². The second-order valence-electron chi connectivity index (χ2n) is 6.31. The van der Waals surface area contributed by atoms with Crippen LogP contribution in [0.4, 0.5) is 0 Å². The fourth-order valence-corrected chi connectivity index (χ4v) is 3.13. The Balaban J connectivity index is 2.65. The highest BCUT2D eigenvalue weighted by Crippen LogP contribution is 2.45. The Morgan fingerprint density at radius 3 is 2.24 bits per heavy atom. The van der Waals surface area contributed by atoms with Gasteiger partial charge in [-0.1, -0.05) is 34.1 Å². The van der Waals surface area contributed by atoms with E-state index in [2.05, 4.69) is 26.8 Å². The largest absolute Gasteiger partial charge is 0.389 e. The molecule has 0 bridgehead atoms. The molecule has 0 radical (unpaired) electrons. The van der Waals surface area contributed by atoms with Crippen molar-refractivity contribution in [3.8, 4) is 6.07 Å². The van der Waals surface area contributed by atoms with Crippen molar-refractivity contribution in [3.63, 3.8) is 0 Å². The molecular weight excluding hydrogens is 210 g/mol. The van der Waals surface area contributed by atoms with Crippen LogP contribution in [0.25, 0.3) is 0 Å². The van der Waals surface area contributed by atoms with Gasteiger partial charge in [-0.15, -0.1) is 0 Å². The zero-order chi connectivity index (χ0) is 13.1. The van der Waals surface area contributed by atoms with E-state index in [4.69, 9.17) is 5.26 Å². The maximum absolute atomic E-state index is 10.6. The standard InChI is InChI=1S/C15H27NO/c1-5-12(11-16)15(17)9-7-13(8-10-15)14(3,4)6-2/h12-13,17H,5-10H2,1-4H3. The lowest BCUT2D eigenvalue weighted by Crippen LogP contribution is -2.43. The molecular formula is C15H27NO. The third-order valence-corrected chi connectivity index (χ3v) is 5.08. The van der Waals surface area contributed by atoms with Crippen LogP contribution in [-0.2, 0) is 0 Å². The fourth-order valence-electron chi connectivity index (χ4n) is 3.13. The summed E-state index contributed by atoms with van der Waals surface area (Å²) in [4.78, 5) is 0. The molecule has 0 heterocycles. The van der Waals surface area contributed by atoms with Crippen molar-refractivity contribution < 1.29 is 5.11 Å². The van der Waals surface area contributed by atoms with Crippen LogP contribution in [0.15, 0.2) is 0 Å². The molecule has 1 rings (SSSR count). The molecule has 0 amide bonds. The molecule has 1 fully saturated rings. The highest BCUT2D eigenvalue weighted by Gasteiger charge is 2.42. The molecule has 1 aliphatic rings. The normalized spacial score (nSPS) is 31.9. The molecule has 0 aromatic heterocycles. The summed E-state index contributed by atoms with van der Waals surface area (Å²) in [7, 11) is 0. The highest BCUT2D eigenvalue weighted by atomic mass is 16.3. The zero-order valence-electron chi connectivity index (χ0n) is 11.8. The van der Waals surface area contributed by atoms with Gasteiger partial charge in [0, 0.05) is 0 Å². The molecule has 1 saturated carbocycles. The quantitative estimate of drug-likeness (QED) is 0.806. The summed E-state index contributed by atoms with van der Waals surface area (Å²) in [5.74, 6) is 0.511. The minimum absolute atomic E-state index is 0.187. The van der Waals surface area contributed by atoms with Gasteiger partial charge in [-0.25, -0.2) is 0 Å². The van der Waals surface area contributed by atoms with Crippen LogP contribution >= 0.6 is 0 Å². The van der Waals surface area contributed by atoms with Crippen LogP contribution in [0.2, 0.25) is 0 Å². The van der Waals surface area contributed by atoms with E-state index in [-0.39, 0.29) is 5.92 Å². The summed E-state index contributed by atoms with van der Waals surface area (Å²) in [5.41, 5.74) is -0.348. The number of rotatable bonds is 4. The molecule has 2 nitrogen and oxygen atoms in total. The zero-order valence-corrected chi connectivity index (χ0v) is 11.8. The third-order valence-electron chi connectivity index (χ3n) is 5.08. The van der Waals surface area contributed by atoms with Crippen LogP contribution in [0.1, 0.15) is 66.2 Å². The van der Waals surface area contributed by atoms with E-state index in [1.54, 1.807) is 0 Å². The van der Waals surface area contributed by atoms with Crippen LogP contribution in [0.3, 0.4) is 0 Å². The summed E-state index contributed by atoms with van der Waals surface area (Å²) < 4.78 is 0. The topological polar surface area (TPSA) is 44.0 Å².